The summed E-state index contributed by atoms with van der Waals surface area (Å²) in [5.74, 6) is 0.571. The van der Waals surface area contributed by atoms with Gasteiger partial charge in [0, 0.05) is 15.7 Å². The van der Waals surface area contributed by atoms with E-state index in [1.807, 2.05) is 50.2 Å². The van der Waals surface area contributed by atoms with Gasteiger partial charge in [-0.1, -0.05) is 42.8 Å². The lowest BCUT2D eigenvalue weighted by molar-refractivity contribution is -0.118. The van der Waals surface area contributed by atoms with Gasteiger partial charge in [-0.2, -0.15) is 0 Å². The van der Waals surface area contributed by atoms with Crippen molar-refractivity contribution in [1.82, 2.24) is 0 Å². The van der Waals surface area contributed by atoms with Crippen LogP contribution in [0.15, 0.2) is 40.9 Å². The molecule has 2 aromatic rings. The smallest absolute Gasteiger partial charge is 0.262 e. The molecule has 0 radical (unpaired) electrons. The second kappa shape index (κ2) is 7.39. The SMILES string of the molecule is Cc1ccc(NC(=O)COc2ccc(Br)cc2C(C)(C)C)cc1C. The normalized spacial score (nSPS) is 11.2. The molecule has 128 valence electrons. The highest BCUT2D eigenvalue weighted by Gasteiger charge is 2.20. The third-order valence-corrected chi connectivity index (χ3v) is 4.39. The largest absolute Gasteiger partial charge is 0.483 e. The summed E-state index contributed by atoms with van der Waals surface area (Å²) in [5, 5.41) is 2.88. The Bertz CT molecular complexity index is 748. The number of rotatable bonds is 4. The molecule has 0 saturated carbocycles. The Morgan fingerprint density at radius 2 is 1.79 bits per heavy atom. The van der Waals surface area contributed by atoms with E-state index in [2.05, 4.69) is 42.0 Å². The van der Waals surface area contributed by atoms with Gasteiger partial charge in [0.1, 0.15) is 5.75 Å². The molecule has 1 amide bonds. The molecule has 2 aromatic carbocycles. The summed E-state index contributed by atoms with van der Waals surface area (Å²) >= 11 is 3.49. The van der Waals surface area contributed by atoms with E-state index >= 15 is 0 Å². The molecule has 0 saturated heterocycles. The van der Waals surface area contributed by atoms with E-state index in [0.717, 1.165) is 27.0 Å². The van der Waals surface area contributed by atoms with Crippen molar-refractivity contribution in [2.24, 2.45) is 0 Å². The number of anilines is 1. The van der Waals surface area contributed by atoms with Crippen LogP contribution >= 0.6 is 15.9 Å². The van der Waals surface area contributed by atoms with Crippen LogP contribution in [0, 0.1) is 13.8 Å². The van der Waals surface area contributed by atoms with Crippen LogP contribution in [0.4, 0.5) is 5.69 Å². The number of halogens is 1. The first kappa shape index (κ1) is 18.5. The highest BCUT2D eigenvalue weighted by molar-refractivity contribution is 9.10. The minimum atomic E-state index is -0.166. The van der Waals surface area contributed by atoms with Gasteiger partial charge in [0.05, 0.1) is 0 Å². The van der Waals surface area contributed by atoms with Gasteiger partial charge in [-0.25, -0.2) is 0 Å². The Morgan fingerprint density at radius 1 is 1.08 bits per heavy atom. The molecule has 0 unspecified atom stereocenters. The minimum Gasteiger partial charge on any atom is -0.483 e. The first-order valence-corrected chi connectivity index (χ1v) is 8.76. The van der Waals surface area contributed by atoms with E-state index in [1.54, 1.807) is 0 Å². The Hall–Kier alpha value is -1.81. The molecule has 24 heavy (non-hydrogen) atoms. The summed E-state index contributed by atoms with van der Waals surface area (Å²) in [4.78, 5) is 12.2. The maximum absolute atomic E-state index is 12.2. The number of hydrogen-bond donors (Lipinski definition) is 1. The topological polar surface area (TPSA) is 38.3 Å². The van der Waals surface area contributed by atoms with Crippen LogP contribution in [-0.4, -0.2) is 12.5 Å². The standard InChI is InChI=1S/C20H24BrNO2/c1-13-6-8-16(10-14(13)2)22-19(23)12-24-18-9-7-15(21)11-17(18)20(3,4)5/h6-11H,12H2,1-5H3,(H,22,23). The molecule has 2 rings (SSSR count). The van der Waals surface area contributed by atoms with Crippen LogP contribution in [0.2, 0.25) is 0 Å². The van der Waals surface area contributed by atoms with E-state index in [4.69, 9.17) is 4.74 Å². The van der Waals surface area contributed by atoms with Crippen LogP contribution in [0.25, 0.3) is 0 Å². The van der Waals surface area contributed by atoms with Crippen LogP contribution < -0.4 is 10.1 Å². The molecule has 0 bridgehead atoms. The Morgan fingerprint density at radius 3 is 2.42 bits per heavy atom. The minimum absolute atomic E-state index is 0.0162. The zero-order chi connectivity index (χ0) is 17.9. The van der Waals surface area contributed by atoms with E-state index in [-0.39, 0.29) is 17.9 Å². The summed E-state index contributed by atoms with van der Waals surface area (Å²) in [6.45, 7) is 10.4. The molecular weight excluding hydrogens is 366 g/mol. The first-order chi connectivity index (χ1) is 11.2. The highest BCUT2D eigenvalue weighted by Crippen LogP contribution is 2.33. The summed E-state index contributed by atoms with van der Waals surface area (Å²) in [6.07, 6.45) is 0. The summed E-state index contributed by atoms with van der Waals surface area (Å²) in [7, 11) is 0. The average Bonchev–Trinajstić information content (AvgIpc) is 2.49. The van der Waals surface area contributed by atoms with Crippen molar-refractivity contribution >= 4 is 27.5 Å². The Labute approximate surface area is 152 Å². The van der Waals surface area contributed by atoms with Crippen LogP contribution in [0.5, 0.6) is 5.75 Å². The van der Waals surface area contributed by atoms with Gasteiger partial charge in [0.25, 0.3) is 5.91 Å². The van der Waals surface area contributed by atoms with E-state index in [0.29, 0.717) is 0 Å². The molecule has 1 N–H and O–H groups in total. The quantitative estimate of drug-likeness (QED) is 0.761. The van der Waals surface area contributed by atoms with Crippen molar-refractivity contribution in [3.05, 3.63) is 57.6 Å². The van der Waals surface area contributed by atoms with Gasteiger partial charge < -0.3 is 10.1 Å². The second-order valence-electron chi connectivity index (χ2n) is 7.03. The molecule has 0 aliphatic carbocycles. The number of carbonyl (C=O) groups is 1. The number of aryl methyl sites for hydroxylation is 2. The molecular formula is C20H24BrNO2. The Balaban J connectivity index is 2.05. The Kier molecular flexibility index (Phi) is 5.70. The average molecular weight is 390 g/mol. The van der Waals surface area contributed by atoms with E-state index in [1.165, 1.54) is 5.56 Å². The summed E-state index contributed by atoms with van der Waals surface area (Å²) < 4.78 is 6.77. The van der Waals surface area contributed by atoms with E-state index in [9.17, 15) is 4.79 Å². The first-order valence-electron chi connectivity index (χ1n) is 7.97. The van der Waals surface area contributed by atoms with Crippen molar-refractivity contribution < 1.29 is 9.53 Å². The lowest BCUT2D eigenvalue weighted by atomic mass is 9.86. The fourth-order valence-electron chi connectivity index (χ4n) is 2.37. The fourth-order valence-corrected chi connectivity index (χ4v) is 2.73. The lowest BCUT2D eigenvalue weighted by Gasteiger charge is -2.23. The second-order valence-corrected chi connectivity index (χ2v) is 7.94. The van der Waals surface area contributed by atoms with Gasteiger partial charge in [-0.05, 0) is 60.7 Å². The number of ether oxygens (including phenoxy) is 1. The van der Waals surface area contributed by atoms with Gasteiger partial charge in [-0.3, -0.25) is 4.79 Å². The van der Waals surface area contributed by atoms with Crippen molar-refractivity contribution in [3.8, 4) is 5.75 Å². The molecule has 0 aliphatic heterocycles. The van der Waals surface area contributed by atoms with Crippen molar-refractivity contribution in [3.63, 3.8) is 0 Å². The van der Waals surface area contributed by atoms with Crippen molar-refractivity contribution in [2.45, 2.75) is 40.0 Å². The maximum Gasteiger partial charge on any atom is 0.262 e. The zero-order valence-electron chi connectivity index (χ0n) is 14.9. The number of hydrogen-bond acceptors (Lipinski definition) is 2. The lowest BCUT2D eigenvalue weighted by Crippen LogP contribution is -2.22. The van der Waals surface area contributed by atoms with Gasteiger partial charge in [-0.15, -0.1) is 0 Å². The molecule has 0 aromatic heterocycles. The molecule has 0 fully saturated rings. The highest BCUT2D eigenvalue weighted by atomic mass is 79.9. The van der Waals surface area contributed by atoms with E-state index < -0.39 is 0 Å². The molecule has 0 atom stereocenters. The zero-order valence-corrected chi connectivity index (χ0v) is 16.5. The predicted molar refractivity (Wildman–Crippen MR) is 103 cm³/mol. The van der Waals surface area contributed by atoms with Crippen LogP contribution in [0.1, 0.15) is 37.5 Å². The third-order valence-electron chi connectivity index (χ3n) is 3.90. The summed E-state index contributed by atoms with van der Waals surface area (Å²) in [5.41, 5.74) is 4.14. The van der Waals surface area contributed by atoms with Crippen molar-refractivity contribution in [1.29, 1.82) is 0 Å². The molecule has 0 heterocycles. The molecule has 0 spiro atoms. The van der Waals surface area contributed by atoms with Gasteiger partial charge in [0.15, 0.2) is 6.61 Å². The van der Waals surface area contributed by atoms with Crippen molar-refractivity contribution in [2.75, 3.05) is 11.9 Å². The van der Waals surface area contributed by atoms with Gasteiger partial charge >= 0.3 is 0 Å². The van der Waals surface area contributed by atoms with Crippen LogP contribution in [-0.2, 0) is 10.2 Å². The monoisotopic (exact) mass is 389 g/mol. The molecule has 0 aliphatic rings. The van der Waals surface area contributed by atoms with Gasteiger partial charge in [0.2, 0.25) is 0 Å². The summed E-state index contributed by atoms with van der Waals surface area (Å²) in [6, 6.07) is 11.7. The molecule has 4 heteroatoms. The number of nitrogens with one attached hydrogen (secondary N) is 1. The van der Waals surface area contributed by atoms with Crippen LogP contribution in [0.3, 0.4) is 0 Å². The number of carbonyl (C=O) groups excluding carboxylic acids is 1. The fraction of sp³-hybridized carbons (Fsp3) is 0.350. The third kappa shape index (κ3) is 4.84. The number of benzene rings is 2. The number of amides is 1. The molecule has 3 nitrogen and oxygen atoms in total. The maximum atomic E-state index is 12.2. The predicted octanol–water partition coefficient (Wildman–Crippen LogP) is 5.38.